The fraction of sp³-hybridized carbons (Fsp3) is 0. The second-order valence-electron chi connectivity index (χ2n) is 10.3. The summed E-state index contributed by atoms with van der Waals surface area (Å²) in [5, 5.41) is 0. The molecule has 0 fully saturated rings. The number of halogens is 2. The van der Waals surface area contributed by atoms with Crippen molar-refractivity contribution in [1.82, 2.24) is 29.9 Å². The lowest BCUT2D eigenvalue weighted by Gasteiger charge is -2.07. The van der Waals surface area contributed by atoms with Gasteiger partial charge in [0, 0.05) is 69.1 Å². The molecule has 1 aliphatic rings. The molecule has 6 aromatic heterocycles. The summed E-state index contributed by atoms with van der Waals surface area (Å²) >= 11 is 0. The largest absolute Gasteiger partial charge is 0.354 e. The van der Waals surface area contributed by atoms with Crippen molar-refractivity contribution in [3.63, 3.8) is 0 Å². The standard InChI is InChI=1S/C35H22F2N6/c36-22-2-1-3-23(37)34(22)35-30-10-8-28(42-30)32(20-12-16-38-17-13-20)26-6-4-24(40-26)25-5-7-27(41-25)33(21-14-18-39-19-15-21)29-9-11-31(35)43-29/h1-19,40,42-43H. The molecular weight excluding hydrogens is 542 g/mol. The average Bonchev–Trinajstić information content (AvgIpc) is 3.85. The van der Waals surface area contributed by atoms with Gasteiger partial charge < -0.3 is 15.0 Å². The van der Waals surface area contributed by atoms with E-state index in [9.17, 15) is 0 Å². The molecule has 43 heavy (non-hydrogen) atoms. The number of aromatic amines is 3. The van der Waals surface area contributed by atoms with Gasteiger partial charge in [0.2, 0.25) is 0 Å². The normalized spacial score (nSPS) is 11.9. The highest BCUT2D eigenvalue weighted by molar-refractivity contribution is 6.00. The van der Waals surface area contributed by atoms with Crippen LogP contribution >= 0.6 is 0 Å². The van der Waals surface area contributed by atoms with Gasteiger partial charge in [-0.15, -0.1) is 0 Å². The van der Waals surface area contributed by atoms with E-state index in [1.165, 1.54) is 18.2 Å². The van der Waals surface area contributed by atoms with Gasteiger partial charge in [-0.05, 0) is 96.1 Å². The maximum absolute atomic E-state index is 15.5. The second-order valence-corrected chi connectivity index (χ2v) is 10.3. The zero-order valence-electron chi connectivity index (χ0n) is 22.6. The number of H-pyrrole nitrogens is 3. The molecule has 6 nitrogen and oxygen atoms in total. The van der Waals surface area contributed by atoms with Crippen LogP contribution in [0.5, 0.6) is 0 Å². The molecule has 8 rings (SSSR count). The minimum Gasteiger partial charge on any atom is -0.354 e. The number of rotatable bonds is 3. The Balaban J connectivity index is 1.60. The molecule has 1 aliphatic heterocycles. The van der Waals surface area contributed by atoms with Crippen LogP contribution in [0.4, 0.5) is 8.78 Å². The number of hydrogen-bond donors (Lipinski definition) is 3. The van der Waals surface area contributed by atoms with Gasteiger partial charge in [-0.2, -0.15) is 0 Å². The van der Waals surface area contributed by atoms with Crippen LogP contribution in [0, 0.1) is 11.6 Å². The first-order valence-corrected chi connectivity index (χ1v) is 13.7. The van der Waals surface area contributed by atoms with Crippen molar-refractivity contribution >= 4 is 45.3 Å². The fourth-order valence-corrected chi connectivity index (χ4v) is 5.80. The van der Waals surface area contributed by atoms with Gasteiger partial charge in [-0.25, -0.2) is 13.8 Å². The van der Waals surface area contributed by atoms with Crippen LogP contribution in [-0.4, -0.2) is 29.9 Å². The van der Waals surface area contributed by atoms with Crippen LogP contribution in [0.15, 0.2) is 104 Å². The number of nitrogens with one attached hydrogen (secondary N) is 3. The number of benzene rings is 1. The summed E-state index contributed by atoms with van der Waals surface area (Å²) in [7, 11) is 0. The molecule has 0 radical (unpaired) electrons. The van der Waals surface area contributed by atoms with Gasteiger partial charge in [0.05, 0.1) is 22.5 Å². The van der Waals surface area contributed by atoms with E-state index in [0.29, 0.717) is 16.6 Å². The van der Waals surface area contributed by atoms with Gasteiger partial charge in [-0.3, -0.25) is 9.97 Å². The summed E-state index contributed by atoms with van der Waals surface area (Å²) in [6, 6.07) is 23.1. The third-order valence-electron chi connectivity index (χ3n) is 7.73. The second kappa shape index (κ2) is 9.88. The molecule has 206 valence electrons. The van der Waals surface area contributed by atoms with E-state index >= 15 is 8.78 Å². The van der Waals surface area contributed by atoms with Crippen molar-refractivity contribution in [2.24, 2.45) is 0 Å². The number of pyridine rings is 2. The Morgan fingerprint density at radius 1 is 0.419 bits per heavy atom. The Labute approximate surface area is 243 Å². The molecule has 7 aromatic rings. The predicted molar refractivity (Wildman–Crippen MR) is 167 cm³/mol. The Kier molecular flexibility index (Phi) is 5.72. The summed E-state index contributed by atoms with van der Waals surface area (Å²) in [4.78, 5) is 23.9. The fourth-order valence-electron chi connectivity index (χ4n) is 5.80. The van der Waals surface area contributed by atoms with E-state index in [1.54, 1.807) is 24.8 Å². The molecule has 0 saturated carbocycles. The average molecular weight is 565 g/mol. The molecule has 8 heteroatoms. The van der Waals surface area contributed by atoms with Crippen LogP contribution in [0.25, 0.3) is 78.6 Å². The molecule has 0 amide bonds. The Bertz CT molecular complexity index is 2290. The first-order chi connectivity index (χ1) is 21.1. The van der Waals surface area contributed by atoms with Gasteiger partial charge >= 0.3 is 0 Å². The number of fused-ring (bicyclic) bond motifs is 9. The summed E-state index contributed by atoms with van der Waals surface area (Å²) in [5.74, 6) is -1.32. The maximum Gasteiger partial charge on any atom is 0.134 e. The van der Waals surface area contributed by atoms with E-state index in [1.807, 2.05) is 72.8 Å². The maximum atomic E-state index is 15.5. The van der Waals surface area contributed by atoms with Crippen LogP contribution in [0.3, 0.4) is 0 Å². The number of aromatic nitrogens is 6. The van der Waals surface area contributed by atoms with Gasteiger partial charge in [0.25, 0.3) is 0 Å². The van der Waals surface area contributed by atoms with Gasteiger partial charge in [0.15, 0.2) is 0 Å². The number of hydrogen-bond acceptors (Lipinski definition) is 3. The highest BCUT2D eigenvalue weighted by atomic mass is 19.1. The molecule has 0 saturated heterocycles. The minimum atomic E-state index is -0.659. The molecular formula is C35H22F2N6. The van der Waals surface area contributed by atoms with Crippen molar-refractivity contribution in [3.8, 4) is 33.4 Å². The molecule has 0 atom stereocenters. The topological polar surface area (TPSA) is 86.0 Å². The lowest BCUT2D eigenvalue weighted by Crippen LogP contribution is -1.91. The van der Waals surface area contributed by atoms with Crippen LogP contribution in [0.2, 0.25) is 0 Å². The third kappa shape index (κ3) is 4.19. The van der Waals surface area contributed by atoms with Crippen molar-refractivity contribution in [1.29, 1.82) is 0 Å². The minimum absolute atomic E-state index is 0.125. The van der Waals surface area contributed by atoms with Crippen LogP contribution < -0.4 is 0 Å². The summed E-state index contributed by atoms with van der Waals surface area (Å²) in [5.41, 5.74) is 9.66. The summed E-state index contributed by atoms with van der Waals surface area (Å²) in [6.07, 6.45) is 10.9. The van der Waals surface area contributed by atoms with E-state index in [4.69, 9.17) is 4.98 Å². The summed E-state index contributed by atoms with van der Waals surface area (Å²) < 4.78 is 30.9. The lowest BCUT2D eigenvalue weighted by atomic mass is 10.0. The van der Waals surface area contributed by atoms with Crippen molar-refractivity contribution < 1.29 is 8.78 Å². The van der Waals surface area contributed by atoms with E-state index in [-0.39, 0.29) is 5.56 Å². The highest BCUT2D eigenvalue weighted by Crippen LogP contribution is 2.37. The van der Waals surface area contributed by atoms with E-state index in [2.05, 4.69) is 24.9 Å². The highest BCUT2D eigenvalue weighted by Gasteiger charge is 2.18. The van der Waals surface area contributed by atoms with Gasteiger partial charge in [0.1, 0.15) is 11.6 Å². The molecule has 3 N–H and O–H groups in total. The Hall–Kier alpha value is -5.89. The zero-order chi connectivity index (χ0) is 28.9. The summed E-state index contributed by atoms with van der Waals surface area (Å²) in [6.45, 7) is 0. The van der Waals surface area contributed by atoms with Crippen molar-refractivity contribution in [3.05, 3.63) is 127 Å². The lowest BCUT2D eigenvalue weighted by molar-refractivity contribution is 0.590. The number of nitrogens with zero attached hydrogens (tertiary/aromatic N) is 3. The van der Waals surface area contributed by atoms with Crippen LogP contribution in [0.1, 0.15) is 11.4 Å². The molecule has 0 spiro atoms. The molecule has 8 bridgehead atoms. The first-order valence-electron chi connectivity index (χ1n) is 13.7. The van der Waals surface area contributed by atoms with E-state index in [0.717, 1.165) is 55.7 Å². The quantitative estimate of drug-likeness (QED) is 0.201. The molecule has 1 aromatic carbocycles. The van der Waals surface area contributed by atoms with E-state index < -0.39 is 11.6 Å². The monoisotopic (exact) mass is 564 g/mol. The Morgan fingerprint density at radius 3 is 1.44 bits per heavy atom. The molecule has 0 aliphatic carbocycles. The van der Waals surface area contributed by atoms with Crippen molar-refractivity contribution in [2.45, 2.75) is 0 Å². The smallest absolute Gasteiger partial charge is 0.134 e. The van der Waals surface area contributed by atoms with Gasteiger partial charge in [-0.1, -0.05) is 6.07 Å². The zero-order valence-corrected chi connectivity index (χ0v) is 22.6. The molecule has 7 heterocycles. The van der Waals surface area contributed by atoms with Crippen molar-refractivity contribution in [2.75, 3.05) is 0 Å². The SMILES string of the molecule is Fc1cccc(F)c1-c1c2ccc([nH]2)c(-c2ccncc2)c2nc(c3ccc([nH]3)c(-c3ccncc3)c3ccc1[nH]3)C=C2. The Morgan fingerprint density at radius 2 is 0.860 bits per heavy atom. The third-order valence-corrected chi connectivity index (χ3v) is 7.73. The molecule has 0 unspecified atom stereocenters. The predicted octanol–water partition coefficient (Wildman–Crippen LogP) is 8.77. The first kappa shape index (κ1) is 24.9. The van der Waals surface area contributed by atoms with Crippen LogP contribution in [-0.2, 0) is 0 Å².